The lowest BCUT2D eigenvalue weighted by Crippen LogP contribution is -2.27. The van der Waals surface area contributed by atoms with Crippen molar-refractivity contribution in [2.45, 2.75) is 39.8 Å². The van der Waals surface area contributed by atoms with Crippen LogP contribution in [-0.2, 0) is 11.3 Å². The molecule has 28 heavy (non-hydrogen) atoms. The summed E-state index contributed by atoms with van der Waals surface area (Å²) in [6.07, 6.45) is 0.422. The van der Waals surface area contributed by atoms with Gasteiger partial charge in [0, 0.05) is 36.0 Å². The van der Waals surface area contributed by atoms with Gasteiger partial charge >= 0.3 is 0 Å². The van der Waals surface area contributed by atoms with E-state index >= 15 is 0 Å². The largest absolute Gasteiger partial charge is 0.471 e. The molecule has 148 valence electrons. The Morgan fingerprint density at radius 1 is 1.39 bits per heavy atom. The van der Waals surface area contributed by atoms with Gasteiger partial charge in [0.2, 0.25) is 11.8 Å². The van der Waals surface area contributed by atoms with Crippen LogP contribution in [0.3, 0.4) is 0 Å². The van der Waals surface area contributed by atoms with E-state index in [0.29, 0.717) is 29.1 Å². The van der Waals surface area contributed by atoms with Crippen LogP contribution in [0.2, 0.25) is 0 Å². The Kier molecular flexibility index (Phi) is 5.53. The van der Waals surface area contributed by atoms with E-state index in [1.54, 1.807) is 24.0 Å². The zero-order valence-electron chi connectivity index (χ0n) is 15.7. The Morgan fingerprint density at radius 2 is 2.14 bits per heavy atom. The number of hydrogen-bond donors (Lipinski definition) is 1. The molecule has 9 heteroatoms. The summed E-state index contributed by atoms with van der Waals surface area (Å²) in [4.78, 5) is 34.1. The molecule has 1 aliphatic rings. The molecular formula is C19H20F2N4O3. The fraction of sp³-hybridized carbons (Fsp3) is 0.368. The molecule has 1 atom stereocenters. The van der Waals surface area contributed by atoms with Crippen LogP contribution in [0.25, 0.3) is 0 Å². The number of alkyl halides is 2. The highest BCUT2D eigenvalue weighted by Crippen LogP contribution is 2.34. The van der Waals surface area contributed by atoms with E-state index in [9.17, 15) is 18.4 Å². The van der Waals surface area contributed by atoms with E-state index in [-0.39, 0.29) is 23.7 Å². The number of amides is 2. The number of aromatic nitrogens is 2. The zero-order valence-corrected chi connectivity index (χ0v) is 15.7. The quantitative estimate of drug-likeness (QED) is 0.819. The lowest BCUT2D eigenvalue weighted by atomic mass is 10.1. The van der Waals surface area contributed by atoms with Gasteiger partial charge in [0.1, 0.15) is 5.82 Å². The Balaban J connectivity index is 1.81. The molecule has 0 fully saturated rings. The second kappa shape index (κ2) is 7.87. The number of anilines is 1. The van der Waals surface area contributed by atoms with Gasteiger partial charge in [-0.15, -0.1) is 0 Å². The number of fused-ring (bicyclic) bond motifs is 1. The van der Waals surface area contributed by atoms with Crippen molar-refractivity contribution >= 4 is 17.6 Å². The van der Waals surface area contributed by atoms with Crippen LogP contribution >= 0.6 is 0 Å². The number of aryl methyl sites for hydroxylation is 1. The lowest BCUT2D eigenvalue weighted by molar-refractivity contribution is -0.114. The molecule has 7 nitrogen and oxygen atoms in total. The molecule has 0 aromatic carbocycles. The van der Waals surface area contributed by atoms with Crippen molar-refractivity contribution < 1.29 is 23.1 Å². The van der Waals surface area contributed by atoms with E-state index < -0.39 is 13.0 Å². The summed E-state index contributed by atoms with van der Waals surface area (Å²) in [5.41, 5.74) is 2.51. The van der Waals surface area contributed by atoms with E-state index in [0.717, 1.165) is 5.56 Å². The summed E-state index contributed by atoms with van der Waals surface area (Å²) < 4.78 is 29.6. The number of carbonyl (C=O) groups is 2. The molecule has 0 saturated carbocycles. The smallest absolute Gasteiger partial charge is 0.272 e. The average molecular weight is 390 g/mol. The minimum Gasteiger partial charge on any atom is -0.471 e. The minimum absolute atomic E-state index is 0.143. The summed E-state index contributed by atoms with van der Waals surface area (Å²) in [6, 6.07) is 3.07. The molecule has 0 saturated heterocycles. The summed E-state index contributed by atoms with van der Waals surface area (Å²) in [5.74, 6) is 0.0776. The first kappa shape index (κ1) is 19.7. The summed E-state index contributed by atoms with van der Waals surface area (Å²) in [5, 5.41) is 2.65. The molecule has 0 aliphatic carbocycles. The second-order valence-corrected chi connectivity index (χ2v) is 6.57. The predicted molar refractivity (Wildman–Crippen MR) is 97.3 cm³/mol. The molecule has 0 spiro atoms. The van der Waals surface area contributed by atoms with Crippen molar-refractivity contribution in [3.05, 3.63) is 46.8 Å². The Hall–Kier alpha value is -3.10. The second-order valence-electron chi connectivity index (χ2n) is 6.57. The van der Waals surface area contributed by atoms with E-state index in [1.165, 1.54) is 19.3 Å². The zero-order chi connectivity index (χ0) is 20.4. The van der Waals surface area contributed by atoms with Gasteiger partial charge in [0.05, 0.1) is 12.6 Å². The van der Waals surface area contributed by atoms with Gasteiger partial charge in [-0.1, -0.05) is 0 Å². The van der Waals surface area contributed by atoms with Crippen molar-refractivity contribution in [3.63, 3.8) is 0 Å². The van der Waals surface area contributed by atoms with Crippen LogP contribution in [0.4, 0.5) is 14.6 Å². The van der Waals surface area contributed by atoms with E-state index in [4.69, 9.17) is 4.74 Å². The topological polar surface area (TPSA) is 84.4 Å². The lowest BCUT2D eigenvalue weighted by Gasteiger charge is -2.25. The summed E-state index contributed by atoms with van der Waals surface area (Å²) in [6.45, 7) is 4.52. The number of nitrogens with zero attached hydrogens (tertiary/aromatic N) is 3. The normalized spacial score (nSPS) is 14.2. The van der Waals surface area contributed by atoms with E-state index in [2.05, 4.69) is 15.3 Å². The van der Waals surface area contributed by atoms with Gasteiger partial charge in [-0.05, 0) is 31.5 Å². The molecule has 1 aliphatic heterocycles. The average Bonchev–Trinajstić information content (AvgIpc) is 2.97. The van der Waals surface area contributed by atoms with Crippen molar-refractivity contribution in [3.8, 4) is 5.88 Å². The van der Waals surface area contributed by atoms with Gasteiger partial charge < -0.3 is 15.0 Å². The van der Waals surface area contributed by atoms with Crippen LogP contribution in [0, 0.1) is 6.92 Å². The van der Waals surface area contributed by atoms with Crippen molar-refractivity contribution in [1.82, 2.24) is 14.9 Å². The predicted octanol–water partition coefficient (Wildman–Crippen LogP) is 3.10. The number of ether oxygens (including phenoxy) is 1. The minimum atomic E-state index is -2.58. The maximum Gasteiger partial charge on any atom is 0.272 e. The summed E-state index contributed by atoms with van der Waals surface area (Å²) >= 11 is 0. The van der Waals surface area contributed by atoms with Crippen molar-refractivity contribution in [2.24, 2.45) is 0 Å². The Bertz CT molecular complexity index is 920. The van der Waals surface area contributed by atoms with Crippen LogP contribution in [0.15, 0.2) is 24.5 Å². The molecule has 2 amide bonds. The maximum atomic E-state index is 12.8. The fourth-order valence-electron chi connectivity index (χ4n) is 3.12. The number of nitrogens with one attached hydrogen (secondary N) is 1. The van der Waals surface area contributed by atoms with Crippen molar-refractivity contribution in [1.29, 1.82) is 0 Å². The van der Waals surface area contributed by atoms with Crippen LogP contribution in [0.1, 0.15) is 46.9 Å². The standard InChI is InChI=1S/C19H20F2N4O3/c1-10-6-13(7-23-18(10)28-9-16(20)21)11(2)25-8-15-14(19(25)27)4-5-22-17(15)24-12(3)26/h4-7,11,16H,8-9H2,1-3H3,(H,22,24,26). The first-order valence-corrected chi connectivity index (χ1v) is 8.71. The third kappa shape index (κ3) is 3.92. The Labute approximate surface area is 160 Å². The molecule has 2 aromatic heterocycles. The maximum absolute atomic E-state index is 12.8. The highest BCUT2D eigenvalue weighted by molar-refractivity contribution is 6.01. The number of halogens is 2. The molecule has 0 bridgehead atoms. The molecular weight excluding hydrogens is 370 g/mol. The molecule has 1 N–H and O–H groups in total. The van der Waals surface area contributed by atoms with Gasteiger partial charge in [0.15, 0.2) is 6.61 Å². The van der Waals surface area contributed by atoms with Gasteiger partial charge in [-0.2, -0.15) is 0 Å². The first-order valence-electron chi connectivity index (χ1n) is 8.71. The highest BCUT2D eigenvalue weighted by Gasteiger charge is 2.34. The highest BCUT2D eigenvalue weighted by atomic mass is 19.3. The van der Waals surface area contributed by atoms with Gasteiger partial charge in [0.25, 0.3) is 12.3 Å². The Morgan fingerprint density at radius 3 is 2.79 bits per heavy atom. The van der Waals surface area contributed by atoms with Crippen molar-refractivity contribution in [2.75, 3.05) is 11.9 Å². The van der Waals surface area contributed by atoms with E-state index in [1.807, 2.05) is 6.92 Å². The number of rotatable bonds is 6. The molecule has 1 unspecified atom stereocenters. The number of carbonyl (C=O) groups excluding carboxylic acids is 2. The van der Waals surface area contributed by atoms with Gasteiger partial charge in [-0.25, -0.2) is 18.7 Å². The third-order valence-electron chi connectivity index (χ3n) is 4.52. The first-order chi connectivity index (χ1) is 13.3. The van der Waals surface area contributed by atoms with Crippen LogP contribution in [-0.4, -0.2) is 39.7 Å². The SMILES string of the molecule is CC(=O)Nc1nccc2c1CN(C(C)c1cnc(OCC(F)F)c(C)c1)C2=O. The number of pyridine rings is 2. The molecule has 3 rings (SSSR count). The molecule has 2 aromatic rings. The fourth-order valence-corrected chi connectivity index (χ4v) is 3.12. The molecule has 3 heterocycles. The van der Waals surface area contributed by atoms with Crippen LogP contribution in [0.5, 0.6) is 5.88 Å². The molecule has 0 radical (unpaired) electrons. The number of hydrogen-bond acceptors (Lipinski definition) is 5. The summed E-state index contributed by atoms with van der Waals surface area (Å²) in [7, 11) is 0. The van der Waals surface area contributed by atoms with Gasteiger partial charge in [-0.3, -0.25) is 9.59 Å². The third-order valence-corrected chi connectivity index (χ3v) is 4.52. The van der Waals surface area contributed by atoms with Crippen LogP contribution < -0.4 is 10.1 Å². The monoisotopic (exact) mass is 390 g/mol.